The Kier molecular flexibility index (Phi) is 7.26. The molecule has 4 heteroatoms. The maximum atomic E-state index is 11.7. The van der Waals surface area contributed by atoms with E-state index in [9.17, 15) is 4.79 Å². The molecule has 0 aliphatic heterocycles. The number of likely N-dealkylation sites (N-methyl/N-ethyl adjacent to an activating group) is 1. The standard InChI is InChI=1S/C17H24N2O2/c1-5-6-7-8-17(20)18-13-16(19(2)3)14-9-11-15(21-4)12-10-14/h5-12,16H,13H2,1-4H3,(H,18,20)/b6-5+,8-7+. The van der Waals surface area contributed by atoms with E-state index >= 15 is 0 Å². The summed E-state index contributed by atoms with van der Waals surface area (Å²) in [5.41, 5.74) is 1.14. The van der Waals surface area contributed by atoms with Crippen LogP contribution in [0, 0.1) is 0 Å². The Morgan fingerprint density at radius 1 is 1.29 bits per heavy atom. The predicted molar refractivity (Wildman–Crippen MR) is 86.4 cm³/mol. The molecule has 0 heterocycles. The highest BCUT2D eigenvalue weighted by molar-refractivity contribution is 5.87. The van der Waals surface area contributed by atoms with E-state index in [0.717, 1.165) is 11.3 Å². The van der Waals surface area contributed by atoms with Crippen LogP contribution in [0.4, 0.5) is 0 Å². The lowest BCUT2D eigenvalue weighted by atomic mass is 10.1. The minimum Gasteiger partial charge on any atom is -0.497 e. The van der Waals surface area contributed by atoms with Crippen LogP contribution in [-0.4, -0.2) is 38.6 Å². The Hall–Kier alpha value is -2.07. The molecule has 0 aliphatic carbocycles. The Bertz CT molecular complexity index is 490. The van der Waals surface area contributed by atoms with Crippen molar-refractivity contribution in [3.8, 4) is 5.75 Å². The van der Waals surface area contributed by atoms with Gasteiger partial charge in [0.1, 0.15) is 5.75 Å². The first-order chi connectivity index (χ1) is 10.1. The van der Waals surface area contributed by atoms with Gasteiger partial charge in [-0.05, 0) is 38.7 Å². The molecule has 21 heavy (non-hydrogen) atoms. The Labute approximate surface area is 127 Å². The molecule has 1 atom stereocenters. The van der Waals surface area contributed by atoms with E-state index in [1.807, 2.05) is 57.4 Å². The number of hydrogen-bond donors (Lipinski definition) is 1. The first-order valence-corrected chi connectivity index (χ1v) is 6.96. The summed E-state index contributed by atoms with van der Waals surface area (Å²) in [4.78, 5) is 13.8. The van der Waals surface area contributed by atoms with Crippen molar-refractivity contribution in [2.45, 2.75) is 13.0 Å². The maximum Gasteiger partial charge on any atom is 0.244 e. The van der Waals surface area contributed by atoms with Crippen LogP contribution in [0.2, 0.25) is 0 Å². The van der Waals surface area contributed by atoms with E-state index in [-0.39, 0.29) is 11.9 Å². The summed E-state index contributed by atoms with van der Waals surface area (Å²) in [5.74, 6) is 0.739. The third-order valence-corrected chi connectivity index (χ3v) is 3.14. The smallest absolute Gasteiger partial charge is 0.244 e. The van der Waals surface area contributed by atoms with Gasteiger partial charge in [0.05, 0.1) is 13.2 Å². The van der Waals surface area contributed by atoms with Crippen LogP contribution in [0.25, 0.3) is 0 Å². The second kappa shape index (κ2) is 8.97. The van der Waals surface area contributed by atoms with Crippen LogP contribution in [0.1, 0.15) is 18.5 Å². The number of amides is 1. The molecular formula is C17H24N2O2. The minimum atomic E-state index is -0.0894. The average Bonchev–Trinajstić information content (AvgIpc) is 2.48. The highest BCUT2D eigenvalue weighted by Crippen LogP contribution is 2.20. The van der Waals surface area contributed by atoms with Crippen LogP contribution in [0.5, 0.6) is 5.75 Å². The van der Waals surface area contributed by atoms with Crippen molar-refractivity contribution in [3.63, 3.8) is 0 Å². The van der Waals surface area contributed by atoms with Gasteiger partial charge in [0.15, 0.2) is 0 Å². The number of carbonyl (C=O) groups is 1. The SMILES string of the molecule is C/C=C/C=C/C(=O)NCC(c1ccc(OC)cc1)N(C)C. The van der Waals surface area contributed by atoms with E-state index in [1.54, 1.807) is 13.2 Å². The van der Waals surface area contributed by atoms with Gasteiger partial charge in [0, 0.05) is 12.6 Å². The van der Waals surface area contributed by atoms with Crippen LogP contribution in [0.15, 0.2) is 48.6 Å². The predicted octanol–water partition coefficient (Wildman–Crippen LogP) is 2.55. The third-order valence-electron chi connectivity index (χ3n) is 3.14. The lowest BCUT2D eigenvalue weighted by Gasteiger charge is -2.25. The Morgan fingerprint density at radius 2 is 1.95 bits per heavy atom. The van der Waals surface area contributed by atoms with Gasteiger partial charge in [-0.1, -0.05) is 30.4 Å². The quantitative estimate of drug-likeness (QED) is 0.619. The molecule has 114 valence electrons. The summed E-state index contributed by atoms with van der Waals surface area (Å²) in [6, 6.07) is 8.02. The van der Waals surface area contributed by atoms with Crippen LogP contribution in [0.3, 0.4) is 0 Å². The van der Waals surface area contributed by atoms with Gasteiger partial charge >= 0.3 is 0 Å². The molecule has 1 amide bonds. The first kappa shape index (κ1) is 17.0. The van der Waals surface area contributed by atoms with Crippen molar-refractivity contribution >= 4 is 5.91 Å². The van der Waals surface area contributed by atoms with Crippen molar-refractivity contribution in [1.82, 2.24) is 10.2 Å². The normalized spacial score (nSPS) is 13.0. The summed E-state index contributed by atoms with van der Waals surface area (Å²) < 4.78 is 5.16. The van der Waals surface area contributed by atoms with E-state index in [1.165, 1.54) is 6.08 Å². The number of rotatable bonds is 7. The van der Waals surface area contributed by atoms with E-state index in [2.05, 4.69) is 10.2 Å². The second-order valence-electron chi connectivity index (χ2n) is 4.88. The summed E-state index contributed by atoms with van der Waals surface area (Å²) in [6.45, 7) is 2.46. The molecule has 0 bridgehead atoms. The molecule has 4 nitrogen and oxygen atoms in total. The minimum absolute atomic E-state index is 0.0894. The van der Waals surface area contributed by atoms with Crippen LogP contribution >= 0.6 is 0 Å². The van der Waals surface area contributed by atoms with Crippen molar-refractivity contribution in [2.24, 2.45) is 0 Å². The van der Waals surface area contributed by atoms with Gasteiger partial charge in [-0.3, -0.25) is 4.79 Å². The summed E-state index contributed by atoms with van der Waals surface area (Å²) >= 11 is 0. The average molecular weight is 288 g/mol. The van der Waals surface area contributed by atoms with Crippen molar-refractivity contribution in [3.05, 3.63) is 54.1 Å². The van der Waals surface area contributed by atoms with Crippen molar-refractivity contribution in [1.29, 1.82) is 0 Å². The van der Waals surface area contributed by atoms with E-state index in [4.69, 9.17) is 4.74 Å². The fraction of sp³-hybridized carbons (Fsp3) is 0.353. The molecule has 1 unspecified atom stereocenters. The molecule has 0 aliphatic rings. The van der Waals surface area contributed by atoms with Gasteiger partial charge < -0.3 is 15.0 Å². The number of methoxy groups -OCH3 is 1. The summed E-state index contributed by atoms with van der Waals surface area (Å²) in [5, 5.41) is 2.92. The molecule has 1 aromatic rings. The molecule has 0 fully saturated rings. The Morgan fingerprint density at radius 3 is 2.48 bits per heavy atom. The monoisotopic (exact) mass is 288 g/mol. The van der Waals surface area contributed by atoms with E-state index < -0.39 is 0 Å². The molecular weight excluding hydrogens is 264 g/mol. The van der Waals surface area contributed by atoms with Gasteiger partial charge in [-0.2, -0.15) is 0 Å². The molecule has 0 aromatic heterocycles. The molecule has 1 N–H and O–H groups in total. The molecule has 0 radical (unpaired) electrons. The number of carbonyl (C=O) groups excluding carboxylic acids is 1. The zero-order chi connectivity index (χ0) is 15.7. The van der Waals surface area contributed by atoms with Crippen LogP contribution in [-0.2, 0) is 4.79 Å². The zero-order valence-electron chi connectivity index (χ0n) is 13.2. The summed E-state index contributed by atoms with van der Waals surface area (Å²) in [6.07, 6.45) is 6.96. The largest absolute Gasteiger partial charge is 0.497 e. The molecule has 1 rings (SSSR count). The number of allylic oxidation sites excluding steroid dienone is 3. The maximum absolute atomic E-state index is 11.7. The fourth-order valence-corrected chi connectivity index (χ4v) is 1.93. The third kappa shape index (κ3) is 5.83. The number of ether oxygens (including phenoxy) is 1. The zero-order valence-corrected chi connectivity index (χ0v) is 13.2. The Balaban J connectivity index is 2.67. The molecule has 0 saturated carbocycles. The summed E-state index contributed by atoms with van der Waals surface area (Å²) in [7, 11) is 5.64. The highest BCUT2D eigenvalue weighted by atomic mass is 16.5. The van der Waals surface area contributed by atoms with Gasteiger partial charge in [0.2, 0.25) is 5.91 Å². The van der Waals surface area contributed by atoms with Crippen molar-refractivity contribution < 1.29 is 9.53 Å². The molecule has 1 aromatic carbocycles. The van der Waals surface area contributed by atoms with Crippen LogP contribution < -0.4 is 10.1 Å². The number of nitrogens with zero attached hydrogens (tertiary/aromatic N) is 1. The second-order valence-corrected chi connectivity index (χ2v) is 4.88. The molecule has 0 saturated heterocycles. The van der Waals surface area contributed by atoms with Gasteiger partial charge in [-0.15, -0.1) is 0 Å². The lowest BCUT2D eigenvalue weighted by molar-refractivity contribution is -0.116. The highest BCUT2D eigenvalue weighted by Gasteiger charge is 2.14. The van der Waals surface area contributed by atoms with Crippen molar-refractivity contribution in [2.75, 3.05) is 27.7 Å². The number of nitrogens with one attached hydrogen (secondary N) is 1. The lowest BCUT2D eigenvalue weighted by Crippen LogP contribution is -2.33. The van der Waals surface area contributed by atoms with Gasteiger partial charge in [-0.25, -0.2) is 0 Å². The first-order valence-electron chi connectivity index (χ1n) is 6.96. The molecule has 0 spiro atoms. The fourth-order valence-electron chi connectivity index (χ4n) is 1.93. The topological polar surface area (TPSA) is 41.6 Å². The van der Waals surface area contributed by atoms with Gasteiger partial charge in [0.25, 0.3) is 0 Å². The number of hydrogen-bond acceptors (Lipinski definition) is 3. The number of benzene rings is 1. The van der Waals surface area contributed by atoms with E-state index in [0.29, 0.717) is 6.54 Å².